The maximum atomic E-state index is 5.29. The van der Waals surface area contributed by atoms with Crippen molar-refractivity contribution in [3.05, 3.63) is 211 Å². The average molecular weight is 769 g/mol. The van der Waals surface area contributed by atoms with Gasteiger partial charge >= 0.3 is 0 Å². The number of fused-ring (bicyclic) bond motifs is 8. The van der Waals surface area contributed by atoms with Gasteiger partial charge in [0.1, 0.15) is 0 Å². The number of nitrogens with zero attached hydrogens (tertiary/aromatic N) is 4. The molecule has 12 rings (SSSR count). The van der Waals surface area contributed by atoms with Gasteiger partial charge in [0.2, 0.25) is 0 Å². The number of hydrogen-bond donors (Lipinski definition) is 0. The van der Waals surface area contributed by atoms with Crippen molar-refractivity contribution >= 4 is 43.7 Å². The molecule has 0 spiro atoms. The molecule has 8 aromatic carbocycles. The van der Waals surface area contributed by atoms with Crippen LogP contribution in [0.15, 0.2) is 205 Å². The summed E-state index contributed by atoms with van der Waals surface area (Å²) in [5.41, 5.74) is 12.0. The minimum atomic E-state index is 0.169. The van der Waals surface area contributed by atoms with Crippen LogP contribution >= 0.6 is 0 Å². The Morgan fingerprint density at radius 1 is 0.483 bits per heavy atom. The van der Waals surface area contributed by atoms with Crippen LogP contribution in [0.3, 0.4) is 0 Å². The third kappa shape index (κ3) is 5.55. The van der Waals surface area contributed by atoms with Gasteiger partial charge in [0, 0.05) is 39.4 Å². The standard InChI is InChI=1S/C56H40N4/c1-35-12-11-18-40-28-30-48-52-44-19-8-7-16-39(44)29-32-50(52)60(53(48)51(35)40)49-33-31-47(45-20-9-10-21-46(45)49)56-58-54(41-25-22-38(23-26-41)36-13-3-2-4-14-36)57-55(59-56)43-27-24-37-15-5-6-17-42(37)34-43/h2-11,13-35,48,53H,12H2,1H3. The van der Waals surface area contributed by atoms with E-state index in [1.165, 1.54) is 55.2 Å². The molecule has 0 saturated heterocycles. The van der Waals surface area contributed by atoms with Crippen LogP contribution in [0, 0.1) is 5.92 Å². The molecule has 1 aromatic heterocycles. The molecule has 4 heteroatoms. The Hall–Kier alpha value is -7.43. The van der Waals surface area contributed by atoms with Crippen LogP contribution in [-0.4, -0.2) is 21.0 Å². The Morgan fingerprint density at radius 3 is 1.93 bits per heavy atom. The Labute approximate surface area is 349 Å². The Bertz CT molecular complexity index is 3270. The summed E-state index contributed by atoms with van der Waals surface area (Å²) in [7, 11) is 0. The zero-order valence-electron chi connectivity index (χ0n) is 33.2. The molecule has 3 atom stereocenters. The Morgan fingerprint density at radius 2 is 1.10 bits per heavy atom. The van der Waals surface area contributed by atoms with Gasteiger partial charge < -0.3 is 4.90 Å². The van der Waals surface area contributed by atoms with Gasteiger partial charge in [-0.3, -0.25) is 0 Å². The average Bonchev–Trinajstić information content (AvgIpc) is 3.66. The monoisotopic (exact) mass is 768 g/mol. The molecule has 0 bridgehead atoms. The molecule has 3 unspecified atom stereocenters. The first-order valence-electron chi connectivity index (χ1n) is 21.0. The lowest BCUT2D eigenvalue weighted by molar-refractivity contribution is 0.570. The van der Waals surface area contributed by atoms with Crippen molar-refractivity contribution in [3.63, 3.8) is 0 Å². The van der Waals surface area contributed by atoms with Gasteiger partial charge in [0.15, 0.2) is 17.5 Å². The molecule has 0 radical (unpaired) electrons. The van der Waals surface area contributed by atoms with Crippen molar-refractivity contribution in [2.45, 2.75) is 25.3 Å². The van der Waals surface area contributed by atoms with Crippen LogP contribution in [-0.2, 0) is 0 Å². The molecule has 3 aliphatic rings. The highest BCUT2D eigenvalue weighted by Crippen LogP contribution is 2.56. The summed E-state index contributed by atoms with van der Waals surface area (Å²) in [5.74, 6) is 2.63. The molecule has 0 N–H and O–H groups in total. The van der Waals surface area contributed by atoms with Crippen LogP contribution in [0.25, 0.3) is 77.6 Å². The highest BCUT2D eigenvalue weighted by molar-refractivity contribution is 6.06. The summed E-state index contributed by atoms with van der Waals surface area (Å²) in [5, 5.41) is 7.23. The number of allylic oxidation sites excluding steroid dienone is 4. The second kappa shape index (κ2) is 13.9. The van der Waals surface area contributed by atoms with E-state index in [2.05, 4.69) is 200 Å². The highest BCUT2D eigenvalue weighted by atomic mass is 15.2. The summed E-state index contributed by atoms with van der Waals surface area (Å²) in [6.07, 6.45) is 10.6. The molecule has 60 heavy (non-hydrogen) atoms. The molecule has 2 heterocycles. The Kier molecular flexibility index (Phi) is 7.99. The van der Waals surface area contributed by atoms with E-state index in [0.29, 0.717) is 23.4 Å². The zero-order valence-corrected chi connectivity index (χ0v) is 33.2. The van der Waals surface area contributed by atoms with Crippen molar-refractivity contribution in [2.75, 3.05) is 4.90 Å². The molecule has 0 fully saturated rings. The predicted octanol–water partition coefficient (Wildman–Crippen LogP) is 14.1. The smallest absolute Gasteiger partial charge is 0.164 e. The lowest BCUT2D eigenvalue weighted by Crippen LogP contribution is -2.36. The first-order chi connectivity index (χ1) is 29.7. The van der Waals surface area contributed by atoms with E-state index >= 15 is 0 Å². The van der Waals surface area contributed by atoms with Gasteiger partial charge in [0.05, 0.1) is 6.04 Å². The van der Waals surface area contributed by atoms with Crippen LogP contribution in [0.1, 0.15) is 24.8 Å². The van der Waals surface area contributed by atoms with Gasteiger partial charge in [-0.15, -0.1) is 0 Å². The summed E-state index contributed by atoms with van der Waals surface area (Å²) < 4.78 is 0. The van der Waals surface area contributed by atoms with E-state index in [4.69, 9.17) is 15.0 Å². The van der Waals surface area contributed by atoms with Crippen LogP contribution < -0.4 is 4.90 Å². The topological polar surface area (TPSA) is 41.9 Å². The largest absolute Gasteiger partial charge is 0.332 e. The van der Waals surface area contributed by atoms with E-state index in [-0.39, 0.29) is 12.0 Å². The molecular formula is C56H40N4. The maximum Gasteiger partial charge on any atom is 0.164 e. The fourth-order valence-corrected chi connectivity index (χ4v) is 10.1. The molecular weight excluding hydrogens is 729 g/mol. The number of hydrogen-bond acceptors (Lipinski definition) is 4. The zero-order chi connectivity index (χ0) is 39.7. The van der Waals surface area contributed by atoms with Gasteiger partial charge in [-0.25, -0.2) is 15.0 Å². The van der Waals surface area contributed by atoms with Crippen LogP contribution in [0.2, 0.25) is 0 Å². The summed E-state index contributed by atoms with van der Waals surface area (Å²) in [6.45, 7) is 2.40. The van der Waals surface area contributed by atoms with Crippen molar-refractivity contribution in [1.82, 2.24) is 15.0 Å². The molecule has 0 amide bonds. The minimum absolute atomic E-state index is 0.169. The van der Waals surface area contributed by atoms with Crippen molar-refractivity contribution in [1.29, 1.82) is 0 Å². The predicted molar refractivity (Wildman–Crippen MR) is 248 cm³/mol. The highest BCUT2D eigenvalue weighted by Gasteiger charge is 2.45. The minimum Gasteiger partial charge on any atom is -0.332 e. The molecule has 9 aromatic rings. The second-order valence-corrected chi connectivity index (χ2v) is 16.4. The number of aromatic nitrogens is 3. The molecule has 284 valence electrons. The summed E-state index contributed by atoms with van der Waals surface area (Å²) >= 11 is 0. The molecule has 2 aliphatic carbocycles. The quantitative estimate of drug-likeness (QED) is 0.175. The molecule has 4 nitrogen and oxygen atoms in total. The van der Waals surface area contributed by atoms with Crippen molar-refractivity contribution in [2.24, 2.45) is 5.92 Å². The lowest BCUT2D eigenvalue weighted by Gasteiger charge is -2.39. The van der Waals surface area contributed by atoms with Crippen LogP contribution in [0.5, 0.6) is 0 Å². The third-order valence-electron chi connectivity index (χ3n) is 12.9. The van der Waals surface area contributed by atoms with Crippen LogP contribution in [0.4, 0.5) is 11.4 Å². The third-order valence-corrected chi connectivity index (χ3v) is 12.9. The lowest BCUT2D eigenvalue weighted by atomic mass is 9.74. The maximum absolute atomic E-state index is 5.29. The first kappa shape index (κ1) is 34.6. The van der Waals surface area contributed by atoms with E-state index in [1.807, 2.05) is 6.07 Å². The van der Waals surface area contributed by atoms with E-state index in [0.717, 1.165) is 39.4 Å². The van der Waals surface area contributed by atoms with E-state index < -0.39 is 0 Å². The van der Waals surface area contributed by atoms with Gasteiger partial charge in [-0.05, 0) is 91.4 Å². The normalized spacial score (nSPS) is 17.9. The van der Waals surface area contributed by atoms with Gasteiger partial charge in [0.25, 0.3) is 0 Å². The SMILES string of the molecule is CC1CC=CC2=C1C1C(C=C2)c2c(ccc3ccccc23)N1c1ccc(-c2nc(-c3ccc(-c4ccccc4)cc3)nc(-c3ccc4ccccc4c3)n2)c2ccccc12. The molecule has 1 aliphatic heterocycles. The second-order valence-electron chi connectivity index (χ2n) is 16.4. The number of benzene rings is 8. The fourth-order valence-electron chi connectivity index (χ4n) is 10.1. The summed E-state index contributed by atoms with van der Waals surface area (Å²) in [4.78, 5) is 18.4. The van der Waals surface area contributed by atoms with Crippen molar-refractivity contribution < 1.29 is 0 Å². The Balaban J connectivity index is 1.05. The number of anilines is 2. The fraction of sp³-hybridized carbons (Fsp3) is 0.0893. The van der Waals surface area contributed by atoms with Gasteiger partial charge in [-0.1, -0.05) is 177 Å². The number of rotatable bonds is 5. The molecule has 0 saturated carbocycles. The van der Waals surface area contributed by atoms with Crippen molar-refractivity contribution in [3.8, 4) is 45.3 Å². The van der Waals surface area contributed by atoms with E-state index in [9.17, 15) is 0 Å². The summed E-state index contributed by atoms with van der Waals surface area (Å²) in [6, 6.07) is 61.0. The first-order valence-corrected chi connectivity index (χ1v) is 21.0. The van der Waals surface area contributed by atoms with Gasteiger partial charge in [-0.2, -0.15) is 0 Å². The van der Waals surface area contributed by atoms with E-state index in [1.54, 1.807) is 0 Å².